The minimum absolute atomic E-state index is 0. The first kappa shape index (κ1) is 19.2. The molecule has 8 heteroatoms. The molecule has 0 radical (unpaired) electrons. The Hall–Kier alpha value is -1.84. The highest BCUT2D eigenvalue weighted by atomic mass is 127. The van der Waals surface area contributed by atoms with Gasteiger partial charge in [0, 0.05) is 20.1 Å². The lowest BCUT2D eigenvalue weighted by Crippen LogP contribution is -2.38. The molecule has 0 fully saturated rings. The second-order valence-electron chi connectivity index (χ2n) is 4.84. The Labute approximate surface area is 153 Å². The molecule has 7 nitrogen and oxygen atoms in total. The van der Waals surface area contributed by atoms with Gasteiger partial charge < -0.3 is 15.7 Å². The number of halogens is 1. The minimum atomic E-state index is 0. The van der Waals surface area contributed by atoms with Gasteiger partial charge in [-0.25, -0.2) is 9.98 Å². The molecule has 0 saturated carbocycles. The van der Waals surface area contributed by atoms with E-state index in [1.165, 1.54) is 6.33 Å². The molecule has 126 valence electrons. The topological polar surface area (TPSA) is 87.4 Å². The lowest BCUT2D eigenvalue weighted by Gasteiger charge is -2.11. The van der Waals surface area contributed by atoms with E-state index in [1.807, 2.05) is 26.1 Å². The van der Waals surface area contributed by atoms with Gasteiger partial charge in [-0.2, -0.15) is 5.10 Å². The van der Waals surface area contributed by atoms with Crippen molar-refractivity contribution in [2.45, 2.75) is 19.9 Å². The van der Waals surface area contributed by atoms with Gasteiger partial charge in [-0.05, 0) is 31.0 Å². The third-order valence-corrected chi connectivity index (χ3v) is 3.14. The normalized spacial score (nSPS) is 11.0. The molecule has 1 aromatic heterocycles. The highest BCUT2D eigenvalue weighted by Crippen LogP contribution is 2.10. The Bertz CT molecular complexity index is 628. The van der Waals surface area contributed by atoms with Crippen LogP contribution in [0, 0.1) is 0 Å². The van der Waals surface area contributed by atoms with E-state index in [4.69, 9.17) is 0 Å². The van der Waals surface area contributed by atoms with Crippen LogP contribution in [-0.2, 0) is 20.0 Å². The van der Waals surface area contributed by atoms with Gasteiger partial charge in [-0.15, -0.1) is 24.0 Å². The number of nitrogens with one attached hydrogen (secondary N) is 2. The Balaban J connectivity index is 0.00000264. The molecule has 0 aliphatic carbocycles. The molecule has 2 aromatic rings. The van der Waals surface area contributed by atoms with Crippen LogP contribution >= 0.6 is 24.0 Å². The Kier molecular flexibility index (Phi) is 8.38. The summed E-state index contributed by atoms with van der Waals surface area (Å²) in [6.45, 7) is 4.01. The van der Waals surface area contributed by atoms with Gasteiger partial charge in [0.05, 0.1) is 0 Å². The zero-order valence-corrected chi connectivity index (χ0v) is 15.7. The Morgan fingerprint density at radius 1 is 1.35 bits per heavy atom. The highest BCUT2D eigenvalue weighted by molar-refractivity contribution is 14.0. The third kappa shape index (κ3) is 6.43. The van der Waals surface area contributed by atoms with Crippen molar-refractivity contribution in [2.24, 2.45) is 12.0 Å². The summed E-state index contributed by atoms with van der Waals surface area (Å²) in [7, 11) is 1.85. The second-order valence-corrected chi connectivity index (χ2v) is 4.84. The van der Waals surface area contributed by atoms with Gasteiger partial charge in [0.1, 0.15) is 24.4 Å². The van der Waals surface area contributed by atoms with Crippen LogP contribution in [0.1, 0.15) is 18.3 Å². The molecular formula is C15H23IN6O. The molecule has 0 amide bonds. The number of aromatic hydroxyl groups is 1. The monoisotopic (exact) mass is 430 g/mol. The molecular weight excluding hydrogens is 407 g/mol. The highest BCUT2D eigenvalue weighted by Gasteiger charge is 2.02. The average Bonchev–Trinajstić information content (AvgIpc) is 2.90. The van der Waals surface area contributed by atoms with Crippen molar-refractivity contribution in [3.63, 3.8) is 0 Å². The summed E-state index contributed by atoms with van der Waals surface area (Å²) in [5.41, 5.74) is 1.08. The summed E-state index contributed by atoms with van der Waals surface area (Å²) in [6, 6.07) is 7.28. The fraction of sp³-hybridized carbons (Fsp3) is 0.400. The maximum atomic E-state index is 9.45. The lowest BCUT2D eigenvalue weighted by molar-refractivity contribution is 0.474. The van der Waals surface area contributed by atoms with Gasteiger partial charge in [0.25, 0.3) is 0 Å². The lowest BCUT2D eigenvalue weighted by atomic mass is 10.1. The van der Waals surface area contributed by atoms with Crippen molar-refractivity contribution in [2.75, 3.05) is 13.1 Å². The molecule has 0 bridgehead atoms. The van der Waals surface area contributed by atoms with E-state index in [9.17, 15) is 5.11 Å². The summed E-state index contributed by atoms with van der Waals surface area (Å²) >= 11 is 0. The smallest absolute Gasteiger partial charge is 0.191 e. The number of aromatic nitrogens is 3. The van der Waals surface area contributed by atoms with Crippen LogP contribution in [0.3, 0.4) is 0 Å². The zero-order chi connectivity index (χ0) is 15.8. The third-order valence-electron chi connectivity index (χ3n) is 3.14. The van der Waals surface area contributed by atoms with Crippen LogP contribution in [-0.4, -0.2) is 38.9 Å². The van der Waals surface area contributed by atoms with Gasteiger partial charge in [0.2, 0.25) is 0 Å². The number of hydrogen-bond donors (Lipinski definition) is 3. The van der Waals surface area contributed by atoms with E-state index >= 15 is 0 Å². The first-order valence-corrected chi connectivity index (χ1v) is 7.32. The first-order chi connectivity index (χ1) is 10.7. The molecule has 0 aliphatic rings. The van der Waals surface area contributed by atoms with E-state index < -0.39 is 0 Å². The van der Waals surface area contributed by atoms with Gasteiger partial charge in [-0.3, -0.25) is 4.68 Å². The van der Waals surface area contributed by atoms with Crippen molar-refractivity contribution in [3.8, 4) is 5.75 Å². The first-order valence-electron chi connectivity index (χ1n) is 7.32. The molecule has 0 atom stereocenters. The molecule has 23 heavy (non-hydrogen) atoms. The predicted octanol–water partition coefficient (Wildman–Crippen LogP) is 1.44. The van der Waals surface area contributed by atoms with E-state index in [1.54, 1.807) is 16.8 Å². The van der Waals surface area contributed by atoms with Crippen LogP contribution in [0.4, 0.5) is 0 Å². The quantitative estimate of drug-likeness (QED) is 0.367. The number of hydrogen-bond acceptors (Lipinski definition) is 4. The fourth-order valence-corrected chi connectivity index (χ4v) is 1.99. The summed E-state index contributed by atoms with van der Waals surface area (Å²) < 4.78 is 1.71. The number of phenolic OH excluding ortho intramolecular Hbond substituents is 1. The number of guanidine groups is 1. The van der Waals surface area contributed by atoms with Crippen LogP contribution in [0.15, 0.2) is 35.6 Å². The van der Waals surface area contributed by atoms with Crippen molar-refractivity contribution >= 4 is 29.9 Å². The second kappa shape index (κ2) is 10.0. The number of nitrogens with zero attached hydrogens (tertiary/aromatic N) is 4. The predicted molar refractivity (Wildman–Crippen MR) is 101 cm³/mol. The molecule has 0 spiro atoms. The molecule has 3 N–H and O–H groups in total. The van der Waals surface area contributed by atoms with E-state index in [0.29, 0.717) is 12.3 Å². The van der Waals surface area contributed by atoms with Crippen molar-refractivity contribution in [1.29, 1.82) is 0 Å². The molecule has 0 aliphatic heterocycles. The minimum Gasteiger partial charge on any atom is -0.508 e. The largest absolute Gasteiger partial charge is 0.508 e. The standard InChI is InChI=1S/C15H22N6O.HI/c1-3-16-15(18-10-14-19-11-20-21(14)2)17-8-7-12-5-4-6-13(22)9-12;/h4-6,9,11,22H,3,7-8,10H2,1-2H3,(H2,16,17,18);1H. The van der Waals surface area contributed by atoms with Gasteiger partial charge in [-0.1, -0.05) is 12.1 Å². The van der Waals surface area contributed by atoms with Crippen molar-refractivity contribution in [3.05, 3.63) is 42.0 Å². The summed E-state index contributed by atoms with van der Waals surface area (Å²) in [5.74, 6) is 1.84. The molecule has 0 saturated heterocycles. The van der Waals surface area contributed by atoms with Crippen molar-refractivity contribution < 1.29 is 5.11 Å². The number of phenols is 1. The van der Waals surface area contributed by atoms with Crippen LogP contribution < -0.4 is 10.6 Å². The average molecular weight is 430 g/mol. The van der Waals surface area contributed by atoms with Gasteiger partial charge >= 0.3 is 0 Å². The Morgan fingerprint density at radius 2 is 2.17 bits per heavy atom. The van der Waals surface area contributed by atoms with E-state index in [0.717, 1.165) is 36.9 Å². The molecule has 0 unspecified atom stereocenters. The molecule has 1 heterocycles. The number of aliphatic imine (C=N–C) groups is 1. The van der Waals surface area contributed by atoms with Crippen LogP contribution in [0.2, 0.25) is 0 Å². The zero-order valence-electron chi connectivity index (χ0n) is 13.4. The van der Waals surface area contributed by atoms with Gasteiger partial charge in [0.15, 0.2) is 5.96 Å². The van der Waals surface area contributed by atoms with E-state index in [2.05, 4.69) is 25.7 Å². The van der Waals surface area contributed by atoms with E-state index in [-0.39, 0.29) is 24.0 Å². The number of aryl methyl sites for hydroxylation is 1. The molecule has 2 rings (SSSR count). The maximum absolute atomic E-state index is 9.45. The maximum Gasteiger partial charge on any atom is 0.191 e. The number of rotatable bonds is 6. The van der Waals surface area contributed by atoms with Crippen LogP contribution in [0.25, 0.3) is 0 Å². The summed E-state index contributed by atoms with van der Waals surface area (Å²) in [5, 5.41) is 19.9. The summed E-state index contributed by atoms with van der Waals surface area (Å²) in [4.78, 5) is 8.63. The Morgan fingerprint density at radius 3 is 2.83 bits per heavy atom. The van der Waals surface area contributed by atoms with Crippen molar-refractivity contribution in [1.82, 2.24) is 25.4 Å². The molecule has 1 aromatic carbocycles. The number of benzene rings is 1. The fourth-order valence-electron chi connectivity index (χ4n) is 1.99. The SMILES string of the molecule is CCNC(=NCc1ncnn1C)NCCc1cccc(O)c1.I. The summed E-state index contributed by atoms with van der Waals surface area (Å²) in [6.07, 6.45) is 2.33. The van der Waals surface area contributed by atoms with Crippen LogP contribution in [0.5, 0.6) is 5.75 Å².